The van der Waals surface area contributed by atoms with Crippen LogP contribution in [-0.2, 0) is 0 Å². The third-order valence-electron chi connectivity index (χ3n) is 5.28. The Kier molecular flexibility index (Phi) is 3.85. The van der Waals surface area contributed by atoms with Crippen molar-refractivity contribution in [2.75, 3.05) is 13.1 Å². The van der Waals surface area contributed by atoms with Crippen LogP contribution in [0.5, 0.6) is 0 Å². The fraction of sp³-hybridized carbons (Fsp3) is 0.500. The lowest BCUT2D eigenvalue weighted by Gasteiger charge is -2.41. The van der Waals surface area contributed by atoms with Gasteiger partial charge in [0.2, 0.25) is 0 Å². The van der Waals surface area contributed by atoms with E-state index in [1.165, 1.54) is 30.5 Å². The van der Waals surface area contributed by atoms with Gasteiger partial charge in [-0.15, -0.1) is 5.10 Å². The highest BCUT2D eigenvalue weighted by Crippen LogP contribution is 2.36. The summed E-state index contributed by atoms with van der Waals surface area (Å²) >= 11 is 0. The molecule has 0 N–H and O–H groups in total. The summed E-state index contributed by atoms with van der Waals surface area (Å²) in [4.78, 5) is 16.2. The van der Waals surface area contributed by atoms with Gasteiger partial charge in [0, 0.05) is 13.1 Å². The third-order valence-corrected chi connectivity index (χ3v) is 5.28. The average molecular weight is 310 g/mol. The van der Waals surface area contributed by atoms with E-state index in [1.54, 1.807) is 6.20 Å². The molecule has 1 saturated heterocycles. The molecular formula is C18H22N4O. The highest BCUT2D eigenvalue weighted by Gasteiger charge is 2.33. The van der Waals surface area contributed by atoms with Gasteiger partial charge in [0.25, 0.3) is 5.91 Å². The summed E-state index contributed by atoms with van der Waals surface area (Å²) in [5, 5.41) is 8.62. The number of benzene rings is 1. The Balaban J connectivity index is 1.48. The van der Waals surface area contributed by atoms with Crippen LogP contribution in [0.2, 0.25) is 0 Å². The smallest absolute Gasteiger partial charge is 0.276 e. The minimum absolute atomic E-state index is 0.0243. The van der Waals surface area contributed by atoms with Crippen LogP contribution in [0.4, 0.5) is 0 Å². The van der Waals surface area contributed by atoms with Crippen LogP contribution in [0.1, 0.15) is 42.6 Å². The van der Waals surface area contributed by atoms with Crippen molar-refractivity contribution in [2.45, 2.75) is 32.1 Å². The lowest BCUT2D eigenvalue weighted by atomic mass is 9.75. The fourth-order valence-corrected chi connectivity index (χ4v) is 3.99. The first-order valence-corrected chi connectivity index (χ1v) is 8.58. The van der Waals surface area contributed by atoms with E-state index < -0.39 is 0 Å². The van der Waals surface area contributed by atoms with Crippen LogP contribution in [0, 0.1) is 11.8 Å². The molecule has 1 aliphatic carbocycles. The highest BCUT2D eigenvalue weighted by atomic mass is 16.2. The minimum atomic E-state index is 0.0243. The number of piperidine rings is 1. The molecule has 4 rings (SSSR count). The molecule has 0 spiro atoms. The van der Waals surface area contributed by atoms with Gasteiger partial charge in [-0.3, -0.25) is 4.79 Å². The van der Waals surface area contributed by atoms with Gasteiger partial charge in [-0.05, 0) is 36.8 Å². The first-order chi connectivity index (χ1) is 11.3. The van der Waals surface area contributed by atoms with Gasteiger partial charge < -0.3 is 4.90 Å². The maximum absolute atomic E-state index is 12.7. The fourth-order valence-electron chi connectivity index (χ4n) is 3.99. The molecule has 120 valence electrons. The van der Waals surface area contributed by atoms with E-state index in [0.29, 0.717) is 11.6 Å². The van der Waals surface area contributed by atoms with Crippen LogP contribution in [0.25, 0.3) is 5.69 Å². The zero-order chi connectivity index (χ0) is 15.6. The Morgan fingerprint density at radius 1 is 1.04 bits per heavy atom. The number of aromatic nitrogens is 3. The number of carbonyl (C=O) groups excluding carboxylic acids is 1. The molecule has 2 fully saturated rings. The summed E-state index contributed by atoms with van der Waals surface area (Å²) < 4.78 is 0. The van der Waals surface area contributed by atoms with Crippen molar-refractivity contribution in [3.63, 3.8) is 0 Å². The monoisotopic (exact) mass is 310 g/mol. The zero-order valence-corrected chi connectivity index (χ0v) is 13.3. The van der Waals surface area contributed by atoms with Crippen LogP contribution in [-0.4, -0.2) is 38.9 Å². The molecule has 1 aromatic carbocycles. The number of nitrogens with zero attached hydrogens (tertiary/aromatic N) is 4. The van der Waals surface area contributed by atoms with E-state index in [0.717, 1.165) is 31.1 Å². The van der Waals surface area contributed by atoms with E-state index in [2.05, 4.69) is 10.2 Å². The molecule has 5 heteroatoms. The van der Waals surface area contributed by atoms with Crippen LogP contribution < -0.4 is 0 Å². The van der Waals surface area contributed by atoms with Gasteiger partial charge in [0.1, 0.15) is 0 Å². The van der Waals surface area contributed by atoms with Gasteiger partial charge in [0.05, 0.1) is 11.9 Å². The van der Waals surface area contributed by atoms with E-state index in [9.17, 15) is 4.79 Å². The van der Waals surface area contributed by atoms with Crippen molar-refractivity contribution in [1.29, 1.82) is 0 Å². The second kappa shape index (κ2) is 6.14. The predicted molar refractivity (Wildman–Crippen MR) is 87.3 cm³/mol. The number of fused-ring (bicyclic) bond motifs is 1. The maximum Gasteiger partial charge on any atom is 0.276 e. The molecule has 23 heavy (non-hydrogen) atoms. The van der Waals surface area contributed by atoms with Crippen molar-refractivity contribution in [3.8, 4) is 5.69 Å². The Bertz CT molecular complexity index is 681. The Hall–Kier alpha value is -2.17. The largest absolute Gasteiger partial charge is 0.337 e. The topological polar surface area (TPSA) is 51.0 Å². The Labute approximate surface area is 136 Å². The number of amides is 1. The summed E-state index contributed by atoms with van der Waals surface area (Å²) in [6.45, 7) is 1.75. The Morgan fingerprint density at radius 3 is 2.65 bits per heavy atom. The predicted octanol–water partition coefficient (Wildman–Crippen LogP) is 2.92. The van der Waals surface area contributed by atoms with Gasteiger partial charge in [0.15, 0.2) is 5.69 Å². The number of carbonyl (C=O) groups is 1. The highest BCUT2D eigenvalue weighted by molar-refractivity contribution is 5.92. The Morgan fingerprint density at radius 2 is 1.83 bits per heavy atom. The molecule has 2 aliphatic rings. The molecular weight excluding hydrogens is 288 g/mol. The van der Waals surface area contributed by atoms with Crippen molar-refractivity contribution < 1.29 is 4.79 Å². The molecule has 1 aliphatic heterocycles. The molecule has 1 amide bonds. The summed E-state index contributed by atoms with van der Waals surface area (Å²) in [6, 6.07) is 9.69. The third kappa shape index (κ3) is 2.87. The van der Waals surface area contributed by atoms with Crippen LogP contribution in [0.15, 0.2) is 36.5 Å². The quantitative estimate of drug-likeness (QED) is 0.857. The SMILES string of the molecule is O=C(c1cnn(-c2ccccc2)n1)N1CC[C@H]2CCCC[C@H]2C1. The van der Waals surface area contributed by atoms with Crippen LogP contribution >= 0.6 is 0 Å². The molecule has 0 unspecified atom stereocenters. The summed E-state index contributed by atoms with van der Waals surface area (Å²) in [6.07, 6.45) is 8.02. The summed E-state index contributed by atoms with van der Waals surface area (Å²) in [5.41, 5.74) is 1.32. The standard InChI is InChI=1S/C18H22N4O/c23-18(21-11-10-14-6-4-5-7-15(14)13-21)17-12-19-22(20-17)16-8-2-1-3-9-16/h1-3,8-9,12,14-15H,4-7,10-11,13H2/t14-,15+/m1/s1. The second-order valence-electron chi connectivity index (χ2n) is 6.70. The van der Waals surface area contributed by atoms with Crippen molar-refractivity contribution >= 4 is 5.91 Å². The van der Waals surface area contributed by atoms with Gasteiger partial charge in [-0.1, -0.05) is 37.5 Å². The number of hydrogen-bond donors (Lipinski definition) is 0. The van der Waals surface area contributed by atoms with Gasteiger partial charge in [-0.2, -0.15) is 9.90 Å². The summed E-state index contributed by atoms with van der Waals surface area (Å²) in [7, 11) is 0. The number of likely N-dealkylation sites (tertiary alicyclic amines) is 1. The van der Waals surface area contributed by atoms with Gasteiger partial charge in [-0.25, -0.2) is 0 Å². The van der Waals surface area contributed by atoms with E-state index in [-0.39, 0.29) is 5.91 Å². The minimum Gasteiger partial charge on any atom is -0.337 e. The average Bonchev–Trinajstić information content (AvgIpc) is 3.11. The number of hydrogen-bond acceptors (Lipinski definition) is 3. The van der Waals surface area contributed by atoms with E-state index in [4.69, 9.17) is 0 Å². The molecule has 2 atom stereocenters. The molecule has 0 radical (unpaired) electrons. The van der Waals surface area contributed by atoms with E-state index in [1.807, 2.05) is 35.2 Å². The molecule has 2 heterocycles. The lowest BCUT2D eigenvalue weighted by molar-refractivity contribution is 0.0515. The lowest BCUT2D eigenvalue weighted by Crippen LogP contribution is -2.44. The summed E-state index contributed by atoms with van der Waals surface area (Å²) in [5.74, 6) is 1.54. The first-order valence-electron chi connectivity index (χ1n) is 8.58. The molecule has 0 bridgehead atoms. The molecule has 1 saturated carbocycles. The maximum atomic E-state index is 12.7. The van der Waals surface area contributed by atoms with Crippen LogP contribution in [0.3, 0.4) is 0 Å². The van der Waals surface area contributed by atoms with E-state index >= 15 is 0 Å². The van der Waals surface area contributed by atoms with Crippen molar-refractivity contribution in [1.82, 2.24) is 19.9 Å². The first kappa shape index (κ1) is 14.4. The molecule has 5 nitrogen and oxygen atoms in total. The normalized spacial score (nSPS) is 24.3. The number of rotatable bonds is 2. The molecule has 1 aromatic heterocycles. The van der Waals surface area contributed by atoms with Crippen molar-refractivity contribution in [3.05, 3.63) is 42.2 Å². The number of para-hydroxylation sites is 1. The van der Waals surface area contributed by atoms with Gasteiger partial charge >= 0.3 is 0 Å². The van der Waals surface area contributed by atoms with Crippen molar-refractivity contribution in [2.24, 2.45) is 11.8 Å². The second-order valence-corrected chi connectivity index (χ2v) is 6.70. The zero-order valence-electron chi connectivity index (χ0n) is 13.3. The molecule has 2 aromatic rings.